The molecule has 3 heteroatoms. The molecule has 1 unspecified atom stereocenters. The topological polar surface area (TPSA) is 35.2 Å². The largest absolute Gasteiger partial charge is 0.493 e. The molecule has 0 aliphatic carbocycles. The summed E-state index contributed by atoms with van der Waals surface area (Å²) in [6.07, 6.45) is 1.89. The number of ether oxygens (including phenoxy) is 1. The molecular formula is C16H28ClNO. The highest BCUT2D eigenvalue weighted by Gasteiger charge is 2.16. The molecule has 0 radical (unpaired) electrons. The zero-order valence-corrected chi connectivity index (χ0v) is 13.6. The Morgan fingerprint density at radius 2 is 1.89 bits per heavy atom. The third-order valence-electron chi connectivity index (χ3n) is 2.93. The van der Waals surface area contributed by atoms with Crippen molar-refractivity contribution in [2.45, 2.75) is 58.9 Å². The van der Waals surface area contributed by atoms with E-state index in [2.05, 4.69) is 45.9 Å². The molecule has 1 rings (SSSR count). The van der Waals surface area contributed by atoms with E-state index in [1.54, 1.807) is 0 Å². The fraction of sp³-hybridized carbons (Fsp3) is 0.625. The van der Waals surface area contributed by atoms with Crippen LogP contribution in [-0.4, -0.2) is 12.6 Å². The Morgan fingerprint density at radius 3 is 2.37 bits per heavy atom. The quantitative estimate of drug-likeness (QED) is 0.884. The molecule has 0 amide bonds. The maximum Gasteiger partial charge on any atom is 0.122 e. The van der Waals surface area contributed by atoms with Crippen molar-refractivity contribution >= 4 is 12.4 Å². The maximum absolute atomic E-state index is 5.93. The molecule has 19 heavy (non-hydrogen) atoms. The van der Waals surface area contributed by atoms with Gasteiger partial charge >= 0.3 is 0 Å². The predicted octanol–water partition coefficient (Wildman–Crippen LogP) is 4.08. The fourth-order valence-electron chi connectivity index (χ4n) is 1.91. The lowest BCUT2D eigenvalue weighted by Gasteiger charge is -2.22. The molecule has 1 atom stereocenters. The summed E-state index contributed by atoms with van der Waals surface area (Å²) in [4.78, 5) is 0. The number of rotatable bonds is 5. The lowest BCUT2D eigenvalue weighted by atomic mass is 9.85. The van der Waals surface area contributed by atoms with Crippen molar-refractivity contribution in [3.8, 4) is 5.75 Å². The highest BCUT2D eigenvalue weighted by molar-refractivity contribution is 5.85. The van der Waals surface area contributed by atoms with Crippen molar-refractivity contribution < 1.29 is 4.74 Å². The molecule has 0 spiro atoms. The third kappa shape index (κ3) is 5.84. The van der Waals surface area contributed by atoms with Crippen LogP contribution < -0.4 is 10.5 Å². The van der Waals surface area contributed by atoms with Crippen LogP contribution in [0.15, 0.2) is 18.2 Å². The number of hydrogen-bond donors (Lipinski definition) is 1. The molecule has 0 aliphatic rings. The van der Waals surface area contributed by atoms with Crippen molar-refractivity contribution in [1.82, 2.24) is 0 Å². The van der Waals surface area contributed by atoms with E-state index in [9.17, 15) is 0 Å². The second-order valence-corrected chi connectivity index (χ2v) is 6.10. The van der Waals surface area contributed by atoms with Crippen molar-refractivity contribution in [3.05, 3.63) is 29.3 Å². The number of nitrogens with two attached hydrogens (primary N) is 1. The second kappa shape index (κ2) is 7.76. The van der Waals surface area contributed by atoms with Crippen LogP contribution in [-0.2, 0) is 11.8 Å². The molecule has 0 saturated carbocycles. The molecule has 1 aromatic rings. The highest BCUT2D eigenvalue weighted by atomic mass is 35.5. The van der Waals surface area contributed by atoms with Crippen molar-refractivity contribution in [2.75, 3.05) is 6.61 Å². The molecular weight excluding hydrogens is 258 g/mol. The molecule has 2 N–H and O–H groups in total. The third-order valence-corrected chi connectivity index (χ3v) is 2.93. The van der Waals surface area contributed by atoms with Gasteiger partial charge in [-0.05, 0) is 42.4 Å². The van der Waals surface area contributed by atoms with E-state index in [1.165, 1.54) is 11.1 Å². The monoisotopic (exact) mass is 285 g/mol. The first-order chi connectivity index (χ1) is 8.34. The lowest BCUT2D eigenvalue weighted by molar-refractivity contribution is 0.313. The Labute approximate surface area is 124 Å². The van der Waals surface area contributed by atoms with Gasteiger partial charge < -0.3 is 10.5 Å². The smallest absolute Gasteiger partial charge is 0.122 e. The van der Waals surface area contributed by atoms with Gasteiger partial charge in [0, 0.05) is 6.04 Å². The van der Waals surface area contributed by atoms with Gasteiger partial charge in [-0.2, -0.15) is 0 Å². The van der Waals surface area contributed by atoms with E-state index in [4.69, 9.17) is 10.5 Å². The average Bonchev–Trinajstić information content (AvgIpc) is 2.25. The molecule has 0 aliphatic heterocycles. The van der Waals surface area contributed by atoms with Crippen LogP contribution in [0.1, 0.15) is 52.2 Å². The first-order valence-corrected chi connectivity index (χ1v) is 6.86. The summed E-state index contributed by atoms with van der Waals surface area (Å²) in [5.41, 5.74) is 8.65. The minimum absolute atomic E-state index is 0. The summed E-state index contributed by atoms with van der Waals surface area (Å²) in [5.74, 6) is 0.988. The Balaban J connectivity index is 0.00000324. The van der Waals surface area contributed by atoms with Gasteiger partial charge in [-0.15, -0.1) is 12.4 Å². The minimum Gasteiger partial charge on any atom is -0.493 e. The molecule has 0 fully saturated rings. The van der Waals surface area contributed by atoms with Gasteiger partial charge in [0.2, 0.25) is 0 Å². The molecule has 0 heterocycles. The van der Waals surface area contributed by atoms with Crippen LogP contribution in [0.2, 0.25) is 0 Å². The highest BCUT2D eigenvalue weighted by Crippen LogP contribution is 2.28. The van der Waals surface area contributed by atoms with Gasteiger partial charge in [0.15, 0.2) is 0 Å². The summed E-state index contributed by atoms with van der Waals surface area (Å²) in [6.45, 7) is 11.6. The molecule has 1 aromatic carbocycles. The van der Waals surface area contributed by atoms with E-state index in [0.717, 1.165) is 25.2 Å². The van der Waals surface area contributed by atoms with Crippen molar-refractivity contribution in [2.24, 2.45) is 5.73 Å². The van der Waals surface area contributed by atoms with Gasteiger partial charge in [0.1, 0.15) is 5.75 Å². The van der Waals surface area contributed by atoms with E-state index in [-0.39, 0.29) is 23.9 Å². The second-order valence-electron chi connectivity index (χ2n) is 6.10. The number of halogens is 1. The molecule has 0 saturated heterocycles. The van der Waals surface area contributed by atoms with Gasteiger partial charge in [-0.25, -0.2) is 0 Å². The maximum atomic E-state index is 5.93. The normalized spacial score (nSPS) is 12.7. The van der Waals surface area contributed by atoms with Crippen molar-refractivity contribution in [3.63, 3.8) is 0 Å². The molecule has 110 valence electrons. The van der Waals surface area contributed by atoms with Crippen LogP contribution in [0, 0.1) is 0 Å². The molecule has 0 bridgehead atoms. The van der Waals surface area contributed by atoms with E-state index >= 15 is 0 Å². The van der Waals surface area contributed by atoms with Crippen LogP contribution in [0.25, 0.3) is 0 Å². The Bertz CT molecular complexity index is 383. The fourth-order valence-corrected chi connectivity index (χ4v) is 1.91. The van der Waals surface area contributed by atoms with E-state index < -0.39 is 0 Å². The first kappa shape index (κ1) is 18.3. The zero-order valence-electron chi connectivity index (χ0n) is 12.8. The van der Waals surface area contributed by atoms with Gasteiger partial charge in [-0.3, -0.25) is 0 Å². The summed E-state index contributed by atoms with van der Waals surface area (Å²) < 4.78 is 5.80. The van der Waals surface area contributed by atoms with E-state index in [0.29, 0.717) is 0 Å². The van der Waals surface area contributed by atoms with Crippen LogP contribution >= 0.6 is 12.4 Å². The van der Waals surface area contributed by atoms with Gasteiger partial charge in [0.25, 0.3) is 0 Å². The SMILES string of the molecule is CCCOc1ccc(C(C)(C)C)cc1CC(C)N.Cl. The Hall–Kier alpha value is -0.730. The Kier molecular flexibility index (Phi) is 7.46. The zero-order chi connectivity index (χ0) is 13.8. The standard InChI is InChI=1S/C16H27NO.ClH/c1-6-9-18-15-8-7-14(16(3,4)5)11-13(15)10-12(2)17;/h7-8,11-12H,6,9-10,17H2,1-5H3;1H. The van der Waals surface area contributed by atoms with Crippen LogP contribution in [0.3, 0.4) is 0 Å². The van der Waals surface area contributed by atoms with Gasteiger partial charge in [-0.1, -0.05) is 39.8 Å². The number of benzene rings is 1. The summed E-state index contributed by atoms with van der Waals surface area (Å²) in [7, 11) is 0. The molecule has 2 nitrogen and oxygen atoms in total. The van der Waals surface area contributed by atoms with Crippen molar-refractivity contribution in [1.29, 1.82) is 0 Å². The van der Waals surface area contributed by atoms with E-state index in [1.807, 2.05) is 6.92 Å². The Morgan fingerprint density at radius 1 is 1.26 bits per heavy atom. The van der Waals surface area contributed by atoms with Gasteiger partial charge in [0.05, 0.1) is 6.61 Å². The van der Waals surface area contributed by atoms with Crippen LogP contribution in [0.5, 0.6) is 5.75 Å². The summed E-state index contributed by atoms with van der Waals surface area (Å²) >= 11 is 0. The summed E-state index contributed by atoms with van der Waals surface area (Å²) in [5, 5.41) is 0. The lowest BCUT2D eigenvalue weighted by Crippen LogP contribution is -2.19. The average molecular weight is 286 g/mol. The minimum atomic E-state index is 0. The predicted molar refractivity (Wildman–Crippen MR) is 85.5 cm³/mol. The number of hydrogen-bond acceptors (Lipinski definition) is 2. The molecule has 0 aromatic heterocycles. The first-order valence-electron chi connectivity index (χ1n) is 6.86. The summed E-state index contributed by atoms with van der Waals surface area (Å²) in [6, 6.07) is 6.65. The van der Waals surface area contributed by atoms with Crippen LogP contribution in [0.4, 0.5) is 0 Å².